The molecule has 2 aromatic rings. The molecule has 0 radical (unpaired) electrons. The van der Waals surface area contributed by atoms with E-state index in [4.69, 9.17) is 11.6 Å². The molecule has 1 aliphatic heterocycles. The van der Waals surface area contributed by atoms with Gasteiger partial charge in [0.1, 0.15) is 5.82 Å². The summed E-state index contributed by atoms with van der Waals surface area (Å²) in [5.74, 6) is -0.249. The maximum absolute atomic E-state index is 14.2. The topological polar surface area (TPSA) is 60.8 Å². The molecule has 4 nitrogen and oxygen atoms in total. The number of rotatable bonds is 5. The van der Waals surface area contributed by atoms with Crippen molar-refractivity contribution in [2.24, 2.45) is 5.92 Å². The molecule has 0 bridgehead atoms. The van der Waals surface area contributed by atoms with Gasteiger partial charge in [-0.05, 0) is 74.3 Å². The average molecular weight is 446 g/mol. The highest BCUT2D eigenvalue weighted by Crippen LogP contribution is 2.55. The molecule has 1 heterocycles. The van der Waals surface area contributed by atoms with Gasteiger partial charge in [0, 0.05) is 10.6 Å². The monoisotopic (exact) mass is 445 g/mol. The number of nitrogens with zero attached hydrogens (tertiary/aromatic N) is 1. The van der Waals surface area contributed by atoms with E-state index in [9.17, 15) is 19.4 Å². The molecule has 1 saturated carbocycles. The van der Waals surface area contributed by atoms with Crippen molar-refractivity contribution >= 4 is 17.5 Å². The lowest BCUT2D eigenvalue weighted by Crippen LogP contribution is -2.49. The molecular formula is C25H29ClFNO3. The third-order valence-corrected chi connectivity index (χ3v) is 7.29. The number of hydrogen-bond acceptors (Lipinski definition) is 3. The Morgan fingerprint density at radius 1 is 1.23 bits per heavy atom. The molecule has 2 aromatic carbocycles. The zero-order valence-corrected chi connectivity index (χ0v) is 18.9. The molecule has 2 aliphatic rings. The largest absolute Gasteiger partial charge is 0.394 e. The van der Waals surface area contributed by atoms with Gasteiger partial charge in [-0.2, -0.15) is 0 Å². The minimum absolute atomic E-state index is 0.148. The number of carbonyl (C=O) groups excluding carboxylic acids is 1. The number of aliphatic hydroxyl groups excluding tert-OH is 1. The lowest BCUT2D eigenvalue weighted by Gasteiger charge is -2.42. The van der Waals surface area contributed by atoms with Crippen LogP contribution in [0.1, 0.15) is 61.4 Å². The van der Waals surface area contributed by atoms with E-state index in [-0.39, 0.29) is 47.5 Å². The summed E-state index contributed by atoms with van der Waals surface area (Å²) < 4.78 is 14.2. The fraction of sp³-hybridized carbons (Fsp3) is 0.480. The van der Waals surface area contributed by atoms with E-state index in [1.807, 2.05) is 32.9 Å². The summed E-state index contributed by atoms with van der Waals surface area (Å²) >= 11 is 6.13. The highest BCUT2D eigenvalue weighted by atomic mass is 35.5. The van der Waals surface area contributed by atoms with Crippen molar-refractivity contribution in [1.82, 2.24) is 4.90 Å². The SMILES string of the molecule is C[C@H]1c2cccc([C@@H]3CC3C(C)(C)O)c2C[C@H](CO)N1C(=O)Cc1c(F)cccc1Cl. The van der Waals surface area contributed by atoms with Crippen LogP contribution in [0.5, 0.6) is 0 Å². The highest BCUT2D eigenvalue weighted by Gasteiger charge is 2.49. The molecule has 166 valence electrons. The van der Waals surface area contributed by atoms with Crippen LogP contribution < -0.4 is 0 Å². The normalized spacial score (nSPS) is 25.3. The molecule has 1 aliphatic carbocycles. The zero-order chi connectivity index (χ0) is 22.5. The Kier molecular flexibility index (Phi) is 5.88. The minimum atomic E-state index is -0.731. The van der Waals surface area contributed by atoms with Gasteiger partial charge in [0.05, 0.1) is 30.7 Å². The number of carbonyl (C=O) groups is 1. The smallest absolute Gasteiger partial charge is 0.228 e. The van der Waals surface area contributed by atoms with Crippen molar-refractivity contribution in [2.75, 3.05) is 6.61 Å². The summed E-state index contributed by atoms with van der Waals surface area (Å²) in [6, 6.07) is 9.88. The van der Waals surface area contributed by atoms with Crippen LogP contribution in [-0.2, 0) is 17.6 Å². The fourth-order valence-electron chi connectivity index (χ4n) is 5.23. The van der Waals surface area contributed by atoms with Gasteiger partial charge in [-0.15, -0.1) is 0 Å². The van der Waals surface area contributed by atoms with Crippen molar-refractivity contribution in [1.29, 1.82) is 0 Å². The third kappa shape index (κ3) is 4.11. The van der Waals surface area contributed by atoms with E-state index in [2.05, 4.69) is 6.07 Å². The third-order valence-electron chi connectivity index (χ3n) is 6.93. The Morgan fingerprint density at radius 2 is 1.90 bits per heavy atom. The van der Waals surface area contributed by atoms with Gasteiger partial charge in [-0.3, -0.25) is 4.79 Å². The van der Waals surface area contributed by atoms with Crippen LogP contribution in [0.15, 0.2) is 36.4 Å². The first kappa shape index (κ1) is 22.3. The molecule has 2 N–H and O–H groups in total. The van der Waals surface area contributed by atoms with Gasteiger partial charge in [0.25, 0.3) is 0 Å². The van der Waals surface area contributed by atoms with Gasteiger partial charge in [-0.1, -0.05) is 35.9 Å². The second-order valence-corrected chi connectivity index (χ2v) is 9.82. The Labute approximate surface area is 187 Å². The molecule has 4 rings (SSSR count). The first-order valence-corrected chi connectivity index (χ1v) is 11.2. The Hall–Kier alpha value is -1.95. The molecule has 0 saturated heterocycles. The van der Waals surface area contributed by atoms with Crippen LogP contribution in [-0.4, -0.2) is 39.3 Å². The average Bonchev–Trinajstić information content (AvgIpc) is 3.51. The first-order chi connectivity index (χ1) is 14.6. The summed E-state index contributed by atoms with van der Waals surface area (Å²) in [4.78, 5) is 14.9. The summed E-state index contributed by atoms with van der Waals surface area (Å²) in [5.41, 5.74) is 2.88. The Morgan fingerprint density at radius 3 is 2.52 bits per heavy atom. The molecule has 1 fully saturated rings. The maximum atomic E-state index is 14.2. The molecule has 4 atom stereocenters. The number of benzene rings is 2. The predicted molar refractivity (Wildman–Crippen MR) is 119 cm³/mol. The summed E-state index contributed by atoms with van der Waals surface area (Å²) in [7, 11) is 0. The Bertz CT molecular complexity index is 982. The summed E-state index contributed by atoms with van der Waals surface area (Å²) in [6.07, 6.45) is 1.33. The van der Waals surface area contributed by atoms with Gasteiger partial charge < -0.3 is 15.1 Å². The molecule has 6 heteroatoms. The number of amides is 1. The predicted octanol–water partition coefficient (Wildman–Crippen LogP) is 4.40. The second-order valence-electron chi connectivity index (χ2n) is 9.41. The summed E-state index contributed by atoms with van der Waals surface area (Å²) in [6.45, 7) is 5.47. The van der Waals surface area contributed by atoms with Crippen LogP contribution in [0.25, 0.3) is 0 Å². The van der Waals surface area contributed by atoms with E-state index >= 15 is 0 Å². The zero-order valence-electron chi connectivity index (χ0n) is 18.1. The van der Waals surface area contributed by atoms with Crippen molar-refractivity contribution < 1.29 is 19.4 Å². The van der Waals surface area contributed by atoms with E-state index < -0.39 is 11.4 Å². The molecule has 1 unspecified atom stereocenters. The van der Waals surface area contributed by atoms with Crippen molar-refractivity contribution in [3.05, 3.63) is 69.5 Å². The molecular weight excluding hydrogens is 417 g/mol. The van der Waals surface area contributed by atoms with Crippen LogP contribution in [0, 0.1) is 11.7 Å². The molecule has 31 heavy (non-hydrogen) atoms. The fourth-order valence-corrected chi connectivity index (χ4v) is 5.46. The van der Waals surface area contributed by atoms with E-state index in [0.717, 1.165) is 12.0 Å². The van der Waals surface area contributed by atoms with E-state index in [0.29, 0.717) is 12.3 Å². The lowest BCUT2D eigenvalue weighted by atomic mass is 9.83. The van der Waals surface area contributed by atoms with Crippen molar-refractivity contribution in [2.45, 2.75) is 63.6 Å². The molecule has 0 spiro atoms. The number of aliphatic hydroxyl groups is 2. The van der Waals surface area contributed by atoms with Crippen LogP contribution >= 0.6 is 11.6 Å². The van der Waals surface area contributed by atoms with Gasteiger partial charge in [0.15, 0.2) is 0 Å². The molecule has 0 aromatic heterocycles. The van der Waals surface area contributed by atoms with Crippen molar-refractivity contribution in [3.8, 4) is 0 Å². The quantitative estimate of drug-likeness (QED) is 0.717. The standard InChI is InChI=1S/C25H29ClFNO3/c1-14-16-6-4-7-17(19-11-21(19)25(2,3)31)18(16)10-15(13-29)28(14)24(30)12-20-22(26)8-5-9-23(20)27/h4-9,14-15,19,21,29,31H,10-13H2,1-3H3/t14-,15+,19-,21?/m0/s1. The van der Waals surface area contributed by atoms with E-state index in [1.165, 1.54) is 23.3 Å². The van der Waals surface area contributed by atoms with Crippen molar-refractivity contribution in [3.63, 3.8) is 0 Å². The number of hydrogen-bond donors (Lipinski definition) is 2. The van der Waals surface area contributed by atoms with Crippen LogP contribution in [0.3, 0.4) is 0 Å². The van der Waals surface area contributed by atoms with Gasteiger partial charge in [0.2, 0.25) is 5.91 Å². The van der Waals surface area contributed by atoms with Crippen LogP contribution in [0.4, 0.5) is 4.39 Å². The first-order valence-electron chi connectivity index (χ1n) is 10.8. The Balaban J connectivity index is 1.64. The highest BCUT2D eigenvalue weighted by molar-refractivity contribution is 6.31. The van der Waals surface area contributed by atoms with Crippen LogP contribution in [0.2, 0.25) is 5.02 Å². The number of fused-ring (bicyclic) bond motifs is 1. The maximum Gasteiger partial charge on any atom is 0.228 e. The van der Waals surface area contributed by atoms with Gasteiger partial charge >= 0.3 is 0 Å². The molecule has 1 amide bonds. The minimum Gasteiger partial charge on any atom is -0.394 e. The number of halogens is 2. The second kappa shape index (κ2) is 8.19. The van der Waals surface area contributed by atoms with Gasteiger partial charge in [-0.25, -0.2) is 4.39 Å². The summed E-state index contributed by atoms with van der Waals surface area (Å²) in [5, 5.41) is 20.8. The van der Waals surface area contributed by atoms with E-state index in [1.54, 1.807) is 11.0 Å². The lowest BCUT2D eigenvalue weighted by molar-refractivity contribution is -0.137.